The summed E-state index contributed by atoms with van der Waals surface area (Å²) in [6.45, 7) is 5.51. The maximum atomic E-state index is 12.1. The molecule has 0 aliphatic heterocycles. The molecule has 0 radical (unpaired) electrons. The Morgan fingerprint density at radius 1 is 1.44 bits per heavy atom. The Bertz CT molecular complexity index is 359. The zero-order valence-corrected chi connectivity index (χ0v) is 12.6. The van der Waals surface area contributed by atoms with E-state index in [2.05, 4.69) is 5.32 Å². The van der Waals surface area contributed by atoms with Crippen LogP contribution in [-0.4, -0.2) is 29.4 Å². The van der Waals surface area contributed by atoms with Crippen molar-refractivity contribution in [2.45, 2.75) is 44.0 Å². The summed E-state index contributed by atoms with van der Waals surface area (Å²) >= 11 is 11.9. The molecule has 0 saturated heterocycles. The van der Waals surface area contributed by atoms with Crippen molar-refractivity contribution in [3.8, 4) is 0 Å². The molecule has 1 amide bonds. The van der Waals surface area contributed by atoms with Gasteiger partial charge < -0.3 is 10.1 Å². The zero-order valence-electron chi connectivity index (χ0n) is 11.0. The number of rotatable bonds is 5. The summed E-state index contributed by atoms with van der Waals surface area (Å²) < 4.78 is 3.67. The Hall–Kier alpha value is -0.480. The van der Waals surface area contributed by atoms with Crippen molar-refractivity contribution in [2.75, 3.05) is 7.11 Å². The van der Waals surface area contributed by atoms with Crippen molar-refractivity contribution >= 4 is 35.1 Å². The second-order valence-corrected chi connectivity index (χ2v) is 6.56. The van der Waals surface area contributed by atoms with E-state index < -0.39 is 21.8 Å². The minimum atomic E-state index is -1.03. The van der Waals surface area contributed by atoms with Gasteiger partial charge in [0.2, 0.25) is 5.91 Å². The fourth-order valence-corrected chi connectivity index (χ4v) is 2.45. The van der Waals surface area contributed by atoms with E-state index in [1.807, 2.05) is 13.8 Å². The molecule has 0 spiro atoms. The third kappa shape index (κ3) is 2.75. The number of esters is 1. The molecule has 0 aromatic rings. The number of hydrogen-bond donors (Lipinski definition) is 1. The number of methoxy groups -OCH3 is 1. The number of alkyl halides is 2. The lowest BCUT2D eigenvalue weighted by molar-refractivity contribution is -0.147. The fraction of sp³-hybridized carbons (Fsp3) is 0.833. The Kier molecular flexibility index (Phi) is 4.55. The summed E-state index contributed by atoms with van der Waals surface area (Å²) in [5, 5.41) is 2.69. The third-order valence-electron chi connectivity index (χ3n) is 3.71. The number of hydrogen-bond acceptors (Lipinski definition) is 3. The number of carbonyl (C=O) groups excluding carboxylic acids is 2. The first kappa shape index (κ1) is 15.6. The van der Waals surface area contributed by atoms with Crippen molar-refractivity contribution in [1.29, 1.82) is 0 Å². The van der Waals surface area contributed by atoms with Crippen LogP contribution in [0.15, 0.2) is 0 Å². The Balaban J connectivity index is 2.74. The molecule has 18 heavy (non-hydrogen) atoms. The first-order valence-corrected chi connectivity index (χ1v) is 6.72. The van der Waals surface area contributed by atoms with Gasteiger partial charge in [-0.05, 0) is 19.3 Å². The van der Waals surface area contributed by atoms with Crippen LogP contribution in [0.3, 0.4) is 0 Å². The number of amides is 1. The van der Waals surface area contributed by atoms with Crippen LogP contribution in [0.1, 0.15) is 33.6 Å². The first-order valence-electron chi connectivity index (χ1n) is 5.96. The zero-order chi connectivity index (χ0) is 14.1. The molecule has 1 fully saturated rings. The molecule has 1 aliphatic carbocycles. The molecule has 0 unspecified atom stereocenters. The predicted octanol–water partition coefficient (Wildman–Crippen LogP) is 2.27. The molecule has 1 aliphatic rings. The van der Waals surface area contributed by atoms with E-state index in [9.17, 15) is 9.59 Å². The van der Waals surface area contributed by atoms with Gasteiger partial charge in [-0.15, -0.1) is 23.2 Å². The van der Waals surface area contributed by atoms with E-state index in [1.165, 1.54) is 7.11 Å². The molecule has 3 atom stereocenters. The molecule has 0 aromatic heterocycles. The van der Waals surface area contributed by atoms with Crippen LogP contribution in [0.2, 0.25) is 0 Å². The minimum absolute atomic E-state index is 0.0104. The Morgan fingerprint density at radius 3 is 2.28 bits per heavy atom. The summed E-state index contributed by atoms with van der Waals surface area (Å²) in [4.78, 5) is 23.8. The lowest BCUT2D eigenvalue weighted by Gasteiger charge is -2.24. The summed E-state index contributed by atoms with van der Waals surface area (Å²) in [5.74, 6) is -0.760. The van der Waals surface area contributed by atoms with E-state index in [4.69, 9.17) is 27.9 Å². The highest BCUT2D eigenvalue weighted by Gasteiger charge is 2.68. The van der Waals surface area contributed by atoms with Crippen LogP contribution in [-0.2, 0) is 14.3 Å². The summed E-state index contributed by atoms with van der Waals surface area (Å²) in [6.07, 6.45) is 1.15. The standard InChI is InChI=1S/C12H19Cl2NO3/c1-5-7(2)8(9(16)18-4)15-10(17)11(3)6-12(11,13)14/h7-8H,5-6H2,1-4H3,(H,15,17)/t7-,8-,11+/m0/s1. The SMILES string of the molecule is CC[C@H](C)[C@H](NC(=O)[C@@]1(C)CC1(Cl)Cl)C(=O)OC. The monoisotopic (exact) mass is 295 g/mol. The maximum absolute atomic E-state index is 12.1. The van der Waals surface area contributed by atoms with Crippen LogP contribution in [0, 0.1) is 11.3 Å². The summed E-state index contributed by atoms with van der Waals surface area (Å²) in [7, 11) is 1.30. The number of carbonyl (C=O) groups is 2. The van der Waals surface area contributed by atoms with Crippen molar-refractivity contribution in [2.24, 2.45) is 11.3 Å². The third-order valence-corrected chi connectivity index (χ3v) is 4.82. The lowest BCUT2D eigenvalue weighted by Crippen LogP contribution is -2.48. The molecular weight excluding hydrogens is 277 g/mol. The topological polar surface area (TPSA) is 55.4 Å². The highest BCUT2D eigenvalue weighted by atomic mass is 35.5. The normalized spacial score (nSPS) is 28.1. The second kappa shape index (κ2) is 5.25. The lowest BCUT2D eigenvalue weighted by atomic mass is 9.98. The minimum Gasteiger partial charge on any atom is -0.467 e. The molecule has 1 N–H and O–H groups in total. The Morgan fingerprint density at radius 2 is 1.94 bits per heavy atom. The number of ether oxygens (including phenoxy) is 1. The average molecular weight is 296 g/mol. The van der Waals surface area contributed by atoms with Crippen molar-refractivity contribution in [3.05, 3.63) is 0 Å². The summed E-state index contributed by atoms with van der Waals surface area (Å²) in [5.41, 5.74) is -0.824. The molecule has 1 rings (SSSR count). The summed E-state index contributed by atoms with van der Waals surface area (Å²) in [6, 6.07) is -0.658. The van der Waals surface area contributed by atoms with E-state index in [0.717, 1.165) is 6.42 Å². The molecule has 1 saturated carbocycles. The van der Waals surface area contributed by atoms with Gasteiger partial charge in [0.05, 0.1) is 12.5 Å². The van der Waals surface area contributed by atoms with E-state index in [1.54, 1.807) is 6.92 Å². The van der Waals surface area contributed by atoms with E-state index in [0.29, 0.717) is 6.42 Å². The average Bonchev–Trinajstić information content (AvgIpc) is 2.84. The molecule has 0 bridgehead atoms. The van der Waals surface area contributed by atoms with Gasteiger partial charge in [-0.2, -0.15) is 0 Å². The highest BCUT2D eigenvalue weighted by molar-refractivity contribution is 6.53. The fourth-order valence-electron chi connectivity index (χ4n) is 1.74. The predicted molar refractivity (Wildman–Crippen MR) is 70.6 cm³/mol. The quantitative estimate of drug-likeness (QED) is 0.625. The Labute approximate surface area is 117 Å². The van der Waals surface area contributed by atoms with E-state index in [-0.39, 0.29) is 11.8 Å². The van der Waals surface area contributed by atoms with Crippen LogP contribution >= 0.6 is 23.2 Å². The first-order chi connectivity index (χ1) is 8.19. The highest BCUT2D eigenvalue weighted by Crippen LogP contribution is 2.63. The van der Waals surface area contributed by atoms with Gasteiger partial charge in [-0.25, -0.2) is 4.79 Å². The molecule has 4 nitrogen and oxygen atoms in total. The van der Waals surface area contributed by atoms with Crippen LogP contribution < -0.4 is 5.32 Å². The van der Waals surface area contributed by atoms with Crippen LogP contribution in [0.25, 0.3) is 0 Å². The van der Waals surface area contributed by atoms with Crippen molar-refractivity contribution in [1.82, 2.24) is 5.32 Å². The van der Waals surface area contributed by atoms with Gasteiger partial charge in [0.15, 0.2) is 0 Å². The van der Waals surface area contributed by atoms with E-state index >= 15 is 0 Å². The van der Waals surface area contributed by atoms with Crippen molar-refractivity contribution < 1.29 is 14.3 Å². The van der Waals surface area contributed by atoms with Crippen LogP contribution in [0.5, 0.6) is 0 Å². The van der Waals surface area contributed by atoms with Crippen molar-refractivity contribution in [3.63, 3.8) is 0 Å². The molecular formula is C12H19Cl2NO3. The van der Waals surface area contributed by atoms with Gasteiger partial charge in [0, 0.05) is 0 Å². The van der Waals surface area contributed by atoms with Gasteiger partial charge in [-0.3, -0.25) is 4.79 Å². The van der Waals surface area contributed by atoms with Gasteiger partial charge in [-0.1, -0.05) is 20.3 Å². The number of halogens is 2. The largest absolute Gasteiger partial charge is 0.467 e. The molecule has 104 valence electrons. The molecule has 0 aromatic carbocycles. The molecule has 0 heterocycles. The number of nitrogens with one attached hydrogen (secondary N) is 1. The maximum Gasteiger partial charge on any atom is 0.328 e. The van der Waals surface area contributed by atoms with Gasteiger partial charge in [0.1, 0.15) is 10.4 Å². The van der Waals surface area contributed by atoms with Gasteiger partial charge >= 0.3 is 5.97 Å². The smallest absolute Gasteiger partial charge is 0.328 e. The van der Waals surface area contributed by atoms with Gasteiger partial charge in [0.25, 0.3) is 0 Å². The second-order valence-electron chi connectivity index (χ2n) is 5.07. The molecule has 6 heteroatoms. The van der Waals surface area contributed by atoms with Crippen LogP contribution in [0.4, 0.5) is 0 Å².